The first-order chi connectivity index (χ1) is 6.83. The maximum absolute atomic E-state index is 11.6. The van der Waals surface area contributed by atoms with E-state index in [9.17, 15) is 4.79 Å². The summed E-state index contributed by atoms with van der Waals surface area (Å²) in [6.45, 7) is 0.977. The Hall–Kier alpha value is -0.610. The molecule has 3 aliphatic heterocycles. The van der Waals surface area contributed by atoms with Crippen LogP contribution >= 0.6 is 0 Å². The minimum absolute atomic E-state index is 0.0640. The van der Waals surface area contributed by atoms with E-state index in [1.165, 1.54) is 6.42 Å². The predicted octanol–water partition coefficient (Wildman–Crippen LogP) is -0.216. The fourth-order valence-corrected chi connectivity index (χ4v) is 2.59. The minimum atomic E-state index is 0.0640. The molecule has 4 atom stereocenters. The lowest BCUT2D eigenvalue weighted by Crippen LogP contribution is -2.56. The van der Waals surface area contributed by atoms with Gasteiger partial charge in [0, 0.05) is 0 Å². The molecule has 2 N–H and O–H groups in total. The molecule has 4 heteroatoms. The highest BCUT2D eigenvalue weighted by Crippen LogP contribution is 2.34. The highest BCUT2D eigenvalue weighted by atomic mass is 16.5. The van der Waals surface area contributed by atoms with Crippen LogP contribution in [0.1, 0.15) is 25.7 Å². The Morgan fingerprint density at radius 3 is 2.71 bits per heavy atom. The largest absolute Gasteiger partial charge is 0.373 e. The molecule has 3 fully saturated rings. The molecule has 0 aromatic carbocycles. The zero-order chi connectivity index (χ0) is 9.54. The summed E-state index contributed by atoms with van der Waals surface area (Å²) in [6, 6.07) is 0.345. The van der Waals surface area contributed by atoms with Crippen molar-refractivity contribution in [2.24, 2.45) is 0 Å². The predicted molar refractivity (Wildman–Crippen MR) is 50.9 cm³/mol. The van der Waals surface area contributed by atoms with Crippen molar-refractivity contribution in [1.29, 1.82) is 0 Å². The minimum Gasteiger partial charge on any atom is -0.373 e. The van der Waals surface area contributed by atoms with Crippen LogP contribution in [0.4, 0.5) is 0 Å². The molecule has 2 bridgehead atoms. The van der Waals surface area contributed by atoms with Gasteiger partial charge in [0.25, 0.3) is 0 Å². The number of fused-ring (bicyclic) bond motifs is 2. The van der Waals surface area contributed by atoms with Gasteiger partial charge in [-0.15, -0.1) is 0 Å². The van der Waals surface area contributed by atoms with Crippen molar-refractivity contribution >= 4 is 5.91 Å². The van der Waals surface area contributed by atoms with Crippen molar-refractivity contribution < 1.29 is 9.53 Å². The number of hydrogen-bond donors (Lipinski definition) is 2. The Labute approximate surface area is 83.4 Å². The van der Waals surface area contributed by atoms with Gasteiger partial charge < -0.3 is 15.4 Å². The van der Waals surface area contributed by atoms with Gasteiger partial charge in [-0.3, -0.25) is 4.79 Å². The van der Waals surface area contributed by atoms with Gasteiger partial charge in [0.1, 0.15) is 0 Å². The Morgan fingerprint density at radius 2 is 2.21 bits per heavy atom. The van der Waals surface area contributed by atoms with Crippen molar-refractivity contribution in [3.05, 3.63) is 0 Å². The summed E-state index contributed by atoms with van der Waals surface area (Å²) >= 11 is 0. The molecule has 0 aliphatic carbocycles. The summed E-state index contributed by atoms with van der Waals surface area (Å²) in [7, 11) is 0. The molecule has 78 valence electrons. The highest BCUT2D eigenvalue weighted by molar-refractivity contribution is 5.83. The van der Waals surface area contributed by atoms with E-state index in [1.807, 2.05) is 0 Å². The van der Waals surface area contributed by atoms with E-state index in [1.54, 1.807) is 0 Å². The average Bonchev–Trinajstić information content (AvgIpc) is 2.60. The summed E-state index contributed by atoms with van der Waals surface area (Å²) in [5, 5.41) is 6.20. The molecule has 0 aromatic heterocycles. The van der Waals surface area contributed by atoms with Crippen molar-refractivity contribution in [2.75, 3.05) is 6.54 Å². The number of carbonyl (C=O) groups excluding carboxylic acids is 1. The summed E-state index contributed by atoms with van der Waals surface area (Å²) < 4.78 is 5.68. The van der Waals surface area contributed by atoms with Crippen LogP contribution in [0, 0.1) is 0 Å². The van der Waals surface area contributed by atoms with Gasteiger partial charge in [-0.05, 0) is 32.2 Å². The van der Waals surface area contributed by atoms with Gasteiger partial charge >= 0.3 is 0 Å². The van der Waals surface area contributed by atoms with E-state index in [0.717, 1.165) is 25.8 Å². The van der Waals surface area contributed by atoms with Crippen LogP contribution in [-0.4, -0.2) is 36.7 Å². The Morgan fingerprint density at radius 1 is 1.36 bits per heavy atom. The summed E-state index contributed by atoms with van der Waals surface area (Å²) in [6.07, 6.45) is 5.01. The molecule has 3 saturated heterocycles. The first-order valence-corrected chi connectivity index (χ1v) is 5.52. The number of hydrogen-bond acceptors (Lipinski definition) is 3. The standard InChI is InChI=1S/C10H16N2O2/c13-10(7-3-4-11-7)12-8-5-6-1-2-9(8)14-6/h6-9,11H,1-5H2,(H,12,13)/t6-,7-,8-,9+/m1/s1. The third-order valence-corrected chi connectivity index (χ3v) is 3.57. The van der Waals surface area contributed by atoms with E-state index in [4.69, 9.17) is 4.74 Å². The van der Waals surface area contributed by atoms with Crippen LogP contribution in [-0.2, 0) is 9.53 Å². The molecule has 14 heavy (non-hydrogen) atoms. The Balaban J connectivity index is 1.54. The fraction of sp³-hybridized carbons (Fsp3) is 0.900. The second kappa shape index (κ2) is 3.21. The molecular weight excluding hydrogens is 180 g/mol. The first-order valence-electron chi connectivity index (χ1n) is 5.52. The summed E-state index contributed by atoms with van der Waals surface area (Å²) in [4.78, 5) is 11.6. The Kier molecular flexibility index (Phi) is 1.99. The molecule has 3 heterocycles. The zero-order valence-corrected chi connectivity index (χ0v) is 8.16. The first kappa shape index (κ1) is 8.68. The van der Waals surface area contributed by atoms with Crippen molar-refractivity contribution in [1.82, 2.24) is 10.6 Å². The number of carbonyl (C=O) groups is 1. The molecule has 1 amide bonds. The number of nitrogens with one attached hydrogen (secondary N) is 2. The molecule has 3 aliphatic rings. The second-order valence-corrected chi connectivity index (χ2v) is 4.52. The fourth-order valence-electron chi connectivity index (χ4n) is 2.59. The van der Waals surface area contributed by atoms with Crippen LogP contribution in [0.5, 0.6) is 0 Å². The van der Waals surface area contributed by atoms with Crippen molar-refractivity contribution in [3.8, 4) is 0 Å². The maximum Gasteiger partial charge on any atom is 0.237 e. The Bertz CT molecular complexity index is 253. The normalized spacial score (nSPS) is 44.9. The van der Waals surface area contributed by atoms with Gasteiger partial charge in [-0.2, -0.15) is 0 Å². The third kappa shape index (κ3) is 1.33. The van der Waals surface area contributed by atoms with Gasteiger partial charge in [-0.1, -0.05) is 0 Å². The van der Waals surface area contributed by atoms with Gasteiger partial charge in [0.15, 0.2) is 0 Å². The molecule has 4 nitrogen and oxygen atoms in total. The number of ether oxygens (including phenoxy) is 1. The van der Waals surface area contributed by atoms with E-state index in [0.29, 0.717) is 12.2 Å². The van der Waals surface area contributed by atoms with E-state index in [-0.39, 0.29) is 18.0 Å². The lowest BCUT2D eigenvalue weighted by atomic mass is 9.95. The maximum atomic E-state index is 11.6. The SMILES string of the molecule is O=C(N[C@@H]1C[C@H]2CC[C@@H]1O2)[C@H]1CCN1. The molecular formula is C10H16N2O2. The van der Waals surface area contributed by atoms with Crippen LogP contribution in [0.3, 0.4) is 0 Å². The molecule has 0 radical (unpaired) electrons. The number of amides is 1. The topological polar surface area (TPSA) is 50.4 Å². The van der Waals surface area contributed by atoms with E-state index >= 15 is 0 Å². The molecule has 0 aromatic rings. The average molecular weight is 196 g/mol. The zero-order valence-electron chi connectivity index (χ0n) is 8.16. The molecule has 0 spiro atoms. The van der Waals surface area contributed by atoms with Crippen LogP contribution in [0.2, 0.25) is 0 Å². The summed E-state index contributed by atoms with van der Waals surface area (Å²) in [5.74, 6) is 0.164. The lowest BCUT2D eigenvalue weighted by molar-refractivity contribution is -0.125. The molecule has 3 rings (SSSR count). The van der Waals surface area contributed by atoms with E-state index in [2.05, 4.69) is 10.6 Å². The monoisotopic (exact) mass is 196 g/mol. The highest BCUT2D eigenvalue weighted by Gasteiger charge is 2.42. The lowest BCUT2D eigenvalue weighted by Gasteiger charge is -2.29. The van der Waals surface area contributed by atoms with Crippen LogP contribution in [0.25, 0.3) is 0 Å². The molecule has 0 unspecified atom stereocenters. The molecule has 0 saturated carbocycles. The van der Waals surface area contributed by atoms with Crippen LogP contribution < -0.4 is 10.6 Å². The van der Waals surface area contributed by atoms with E-state index < -0.39 is 0 Å². The van der Waals surface area contributed by atoms with Crippen molar-refractivity contribution in [3.63, 3.8) is 0 Å². The van der Waals surface area contributed by atoms with Gasteiger partial charge in [0.2, 0.25) is 5.91 Å². The van der Waals surface area contributed by atoms with Gasteiger partial charge in [0.05, 0.1) is 24.3 Å². The summed E-state index contributed by atoms with van der Waals surface area (Å²) in [5.41, 5.74) is 0. The van der Waals surface area contributed by atoms with Crippen molar-refractivity contribution in [2.45, 2.75) is 50.0 Å². The third-order valence-electron chi connectivity index (χ3n) is 3.57. The number of rotatable bonds is 2. The second-order valence-electron chi connectivity index (χ2n) is 4.52. The van der Waals surface area contributed by atoms with Crippen LogP contribution in [0.15, 0.2) is 0 Å². The quantitative estimate of drug-likeness (QED) is 0.642. The smallest absolute Gasteiger partial charge is 0.237 e. The van der Waals surface area contributed by atoms with Gasteiger partial charge in [-0.25, -0.2) is 0 Å².